The van der Waals surface area contributed by atoms with Gasteiger partial charge in [0, 0.05) is 0 Å². The van der Waals surface area contributed by atoms with Gasteiger partial charge < -0.3 is 19.2 Å². The van der Waals surface area contributed by atoms with Crippen molar-refractivity contribution >= 4 is 0 Å². The molecule has 0 heterocycles. The normalized spacial score (nSPS) is 14.1. The standard InChI is InChI=1S/C4H10BrNO4/c6-2-1-4(3-7)10-5(8)9/h4,7H,1-3,6H2/t4-/m0/s1. The molecule has 0 aliphatic heterocycles. The van der Waals surface area contributed by atoms with Gasteiger partial charge >= 0.3 is 14.8 Å². The lowest BCUT2D eigenvalue weighted by atomic mass is 10.3. The van der Waals surface area contributed by atoms with Crippen molar-refractivity contribution in [2.75, 3.05) is 13.2 Å². The molecule has 5 nitrogen and oxygen atoms in total. The molecule has 10 heavy (non-hydrogen) atoms. The Hall–Kier alpha value is 0.280. The molecule has 0 amide bonds. The van der Waals surface area contributed by atoms with Crippen LogP contribution in [0.4, 0.5) is 0 Å². The maximum absolute atomic E-state index is 9.95. The first-order valence-corrected chi connectivity index (χ1v) is 4.68. The van der Waals surface area contributed by atoms with Crippen LogP contribution in [0.3, 0.4) is 0 Å². The van der Waals surface area contributed by atoms with Crippen molar-refractivity contribution in [2.45, 2.75) is 12.5 Å². The first-order chi connectivity index (χ1) is 4.70. The molecule has 0 radical (unpaired) electrons. The van der Waals surface area contributed by atoms with Crippen molar-refractivity contribution < 1.29 is 32.1 Å². The van der Waals surface area contributed by atoms with Crippen LogP contribution in [-0.2, 0) is 3.83 Å². The van der Waals surface area contributed by atoms with Gasteiger partial charge in [0.15, 0.2) is 6.10 Å². The maximum Gasteiger partial charge on any atom is 0.436 e. The van der Waals surface area contributed by atoms with E-state index in [-0.39, 0.29) is 6.61 Å². The highest BCUT2D eigenvalue weighted by Gasteiger charge is 2.21. The summed E-state index contributed by atoms with van der Waals surface area (Å²) in [6.07, 6.45) is -0.301. The van der Waals surface area contributed by atoms with Crippen molar-refractivity contribution in [3.63, 3.8) is 0 Å². The van der Waals surface area contributed by atoms with Gasteiger partial charge in [-0.05, 0) is 16.8 Å². The third-order valence-electron chi connectivity index (χ3n) is 0.891. The van der Waals surface area contributed by atoms with E-state index in [1.807, 2.05) is 0 Å². The van der Waals surface area contributed by atoms with Gasteiger partial charge in [-0.15, -0.1) is 0 Å². The molecular formula is C4H10BrNO4. The van der Waals surface area contributed by atoms with E-state index >= 15 is 0 Å². The number of halogens is 1. The quantitative estimate of drug-likeness (QED) is 0.503. The highest BCUT2D eigenvalue weighted by atomic mass is 80.0. The van der Waals surface area contributed by atoms with Crippen LogP contribution in [0.15, 0.2) is 0 Å². The van der Waals surface area contributed by atoms with Gasteiger partial charge in [-0.1, -0.05) is 0 Å². The second-order valence-corrected chi connectivity index (χ2v) is 2.83. The number of aliphatic hydroxyl groups is 1. The number of rotatable bonds is 5. The van der Waals surface area contributed by atoms with E-state index in [2.05, 4.69) is 3.83 Å². The lowest BCUT2D eigenvalue weighted by Crippen LogP contribution is -2.39. The van der Waals surface area contributed by atoms with Gasteiger partial charge in [0.05, 0.1) is 6.61 Å². The minimum atomic E-state index is -3.20. The van der Waals surface area contributed by atoms with E-state index in [0.29, 0.717) is 13.0 Å². The molecule has 62 valence electrons. The average Bonchev–Trinajstić information content (AvgIpc) is 1.86. The Morgan fingerprint density at radius 2 is 2.20 bits per heavy atom. The fourth-order valence-electron chi connectivity index (χ4n) is 0.453. The molecule has 0 fully saturated rings. The Balaban J connectivity index is 3.39. The van der Waals surface area contributed by atoms with E-state index in [1.165, 1.54) is 0 Å². The van der Waals surface area contributed by atoms with Crippen molar-refractivity contribution in [3.8, 4) is 0 Å². The van der Waals surface area contributed by atoms with Gasteiger partial charge in [0.1, 0.15) is 0 Å². The summed E-state index contributed by atoms with van der Waals surface area (Å²) in [6.45, 7) is -0.00280. The summed E-state index contributed by atoms with van der Waals surface area (Å²) in [5.41, 5.74) is 5.10. The molecule has 0 unspecified atom stereocenters. The second-order valence-electron chi connectivity index (χ2n) is 1.66. The molecule has 0 aromatic rings. The van der Waals surface area contributed by atoms with Gasteiger partial charge in [-0.3, -0.25) is 0 Å². The Morgan fingerprint density at radius 1 is 1.60 bits per heavy atom. The fraction of sp³-hybridized carbons (Fsp3) is 1.00. The molecule has 1 atom stereocenters. The van der Waals surface area contributed by atoms with E-state index in [0.717, 1.165) is 0 Å². The number of aliphatic hydroxyl groups excluding tert-OH is 1. The molecule has 0 aliphatic rings. The average molecular weight is 216 g/mol. The highest BCUT2D eigenvalue weighted by molar-refractivity contribution is 4.52. The van der Waals surface area contributed by atoms with Gasteiger partial charge in [-0.2, -0.15) is 0 Å². The molecule has 0 aliphatic carbocycles. The number of hydrogen-bond donors (Lipinski definition) is 2. The van der Waals surface area contributed by atoms with Gasteiger partial charge in [0.2, 0.25) is 0 Å². The Morgan fingerprint density at radius 3 is 2.50 bits per heavy atom. The Bertz CT molecular complexity index is 81.7. The predicted octanol–water partition coefficient (Wildman–Crippen LogP) is -3.20. The summed E-state index contributed by atoms with van der Waals surface area (Å²) >= 11 is -3.20. The zero-order valence-corrected chi connectivity index (χ0v) is 6.91. The van der Waals surface area contributed by atoms with E-state index in [1.54, 1.807) is 0 Å². The van der Waals surface area contributed by atoms with Gasteiger partial charge in [0.25, 0.3) is 0 Å². The van der Waals surface area contributed by atoms with Crippen molar-refractivity contribution in [1.82, 2.24) is 0 Å². The minimum absolute atomic E-state index is 0.306. The number of nitrogens with two attached hydrogens (primary N) is 1. The summed E-state index contributed by atoms with van der Waals surface area (Å²) in [6, 6.07) is 0. The molecule has 0 saturated carbocycles. The summed E-state index contributed by atoms with van der Waals surface area (Å²) in [4.78, 5) is 0. The number of hydrogen-bond acceptors (Lipinski definition) is 5. The largest absolute Gasteiger partial charge is 0.436 e. The molecule has 6 heteroatoms. The van der Waals surface area contributed by atoms with E-state index in [4.69, 9.17) is 10.8 Å². The summed E-state index contributed by atoms with van der Waals surface area (Å²) in [5, 5.41) is 8.46. The molecule has 0 aromatic heterocycles. The summed E-state index contributed by atoms with van der Waals surface area (Å²) < 4.78 is 24.2. The predicted molar refractivity (Wildman–Crippen MR) is 25.6 cm³/mol. The van der Waals surface area contributed by atoms with Gasteiger partial charge in [-0.25, -0.2) is 0 Å². The Kier molecular flexibility index (Phi) is 6.19. The van der Waals surface area contributed by atoms with E-state index < -0.39 is 20.9 Å². The monoisotopic (exact) mass is 215 g/mol. The molecular weight excluding hydrogens is 206 g/mol. The fourth-order valence-corrected chi connectivity index (χ4v) is 1.19. The SMILES string of the molecule is NCC[C@@H](CO)O[Br+2]([O-])[O-]. The van der Waals surface area contributed by atoms with Crippen molar-refractivity contribution in [1.29, 1.82) is 0 Å². The maximum atomic E-state index is 9.95. The van der Waals surface area contributed by atoms with Crippen LogP contribution in [0.25, 0.3) is 0 Å². The molecule has 0 saturated heterocycles. The third-order valence-corrected chi connectivity index (χ3v) is 1.72. The molecule has 3 N–H and O–H groups in total. The summed E-state index contributed by atoms with van der Waals surface area (Å²) in [5.74, 6) is 0. The third kappa shape index (κ3) is 5.10. The van der Waals surface area contributed by atoms with Crippen LogP contribution in [0.1, 0.15) is 6.42 Å². The highest BCUT2D eigenvalue weighted by Crippen LogP contribution is 1.96. The summed E-state index contributed by atoms with van der Waals surface area (Å²) in [7, 11) is 0. The molecule has 0 rings (SSSR count). The topological polar surface area (TPSA) is 102 Å². The van der Waals surface area contributed by atoms with Crippen LogP contribution in [0.2, 0.25) is 0 Å². The first kappa shape index (κ1) is 10.3. The van der Waals surface area contributed by atoms with Crippen molar-refractivity contribution in [3.05, 3.63) is 0 Å². The van der Waals surface area contributed by atoms with Crippen LogP contribution >= 0.6 is 0 Å². The lowest BCUT2D eigenvalue weighted by molar-refractivity contribution is -1.63. The molecule has 0 spiro atoms. The van der Waals surface area contributed by atoms with Crippen molar-refractivity contribution in [2.24, 2.45) is 5.73 Å². The van der Waals surface area contributed by atoms with Crippen LogP contribution in [0, 0.1) is 14.8 Å². The van der Waals surface area contributed by atoms with Crippen LogP contribution in [0.5, 0.6) is 0 Å². The van der Waals surface area contributed by atoms with Crippen LogP contribution < -0.4 is 14.1 Å². The Labute approximate surface area is 64.2 Å². The molecule has 0 aromatic carbocycles. The zero-order chi connectivity index (χ0) is 7.98. The first-order valence-electron chi connectivity index (χ1n) is 2.74. The van der Waals surface area contributed by atoms with E-state index in [9.17, 15) is 8.40 Å². The lowest BCUT2D eigenvalue weighted by Gasteiger charge is -2.03. The minimum Gasteiger partial charge on any atom is -0.393 e. The smallest absolute Gasteiger partial charge is 0.393 e. The van der Waals surface area contributed by atoms with Crippen LogP contribution in [-0.4, -0.2) is 24.4 Å². The zero-order valence-electron chi connectivity index (χ0n) is 5.33. The second kappa shape index (κ2) is 6.02. The molecule has 0 bridgehead atoms.